The lowest BCUT2D eigenvalue weighted by Crippen LogP contribution is -2.22. The summed E-state index contributed by atoms with van der Waals surface area (Å²) in [6.07, 6.45) is 0.821. The zero-order valence-electron chi connectivity index (χ0n) is 9.34. The fourth-order valence-electron chi connectivity index (χ4n) is 1.21. The fourth-order valence-corrected chi connectivity index (χ4v) is 4.20. The molecule has 0 fully saturated rings. The van der Waals surface area contributed by atoms with Crippen LogP contribution in [0.3, 0.4) is 0 Å². The molecule has 0 bridgehead atoms. The molecule has 17 heavy (non-hydrogen) atoms. The molecule has 1 aromatic carbocycles. The van der Waals surface area contributed by atoms with Gasteiger partial charge in [-0.1, -0.05) is 6.07 Å². The van der Waals surface area contributed by atoms with Crippen LogP contribution in [0.4, 0.5) is 5.69 Å². The Balaban J connectivity index is 2.99. The van der Waals surface area contributed by atoms with Crippen molar-refractivity contribution in [2.45, 2.75) is 6.92 Å². The van der Waals surface area contributed by atoms with E-state index in [2.05, 4.69) is 0 Å². The number of sulfone groups is 1. The Morgan fingerprint density at radius 1 is 1.24 bits per heavy atom. The van der Waals surface area contributed by atoms with Gasteiger partial charge in [0, 0.05) is 6.26 Å². The number of hydrogen-bond acceptors (Lipinski definition) is 5. The van der Waals surface area contributed by atoms with Gasteiger partial charge in [0.25, 0.3) is 0 Å². The van der Waals surface area contributed by atoms with E-state index in [-0.39, 0.29) is 11.4 Å². The summed E-state index contributed by atoms with van der Waals surface area (Å²) in [6.45, 7) is 1.73. The zero-order chi connectivity index (χ0) is 13.3. The molecule has 0 spiro atoms. The van der Waals surface area contributed by atoms with Gasteiger partial charge in [-0.05, 0) is 24.6 Å². The highest BCUT2D eigenvalue weighted by molar-refractivity contribution is 8.08. The quantitative estimate of drug-likeness (QED) is 0.779. The van der Waals surface area contributed by atoms with Crippen molar-refractivity contribution >= 4 is 25.5 Å². The first-order chi connectivity index (χ1) is 7.59. The average molecular weight is 279 g/mol. The predicted octanol–water partition coefficient (Wildman–Crippen LogP) is 0.444. The first-order valence-electron chi connectivity index (χ1n) is 4.57. The van der Waals surface area contributed by atoms with Crippen molar-refractivity contribution in [3.05, 3.63) is 23.8 Å². The van der Waals surface area contributed by atoms with Gasteiger partial charge in [0.15, 0.2) is 14.9 Å². The minimum Gasteiger partial charge on any atom is -0.506 e. The molecule has 0 amide bonds. The Bertz CT molecular complexity index is 619. The van der Waals surface area contributed by atoms with Crippen LogP contribution >= 0.6 is 0 Å². The molecular formula is C9H13NO5S2. The molecule has 0 radical (unpaired) electrons. The standard InChI is InChI=1S/C9H13NO5S2/c1-7-3-4-8(9(11)5-7)10-17(14,15)6-16(2,12)13/h3-5,10-11H,6H2,1-2H3. The van der Waals surface area contributed by atoms with Crippen LogP contribution in [-0.2, 0) is 19.9 Å². The Morgan fingerprint density at radius 2 is 1.82 bits per heavy atom. The van der Waals surface area contributed by atoms with E-state index in [1.54, 1.807) is 13.0 Å². The third kappa shape index (κ3) is 4.61. The summed E-state index contributed by atoms with van der Waals surface area (Å²) in [7, 11) is -7.68. The molecule has 0 aliphatic carbocycles. The number of benzene rings is 1. The van der Waals surface area contributed by atoms with Crippen LogP contribution in [0.1, 0.15) is 5.56 Å². The maximum absolute atomic E-state index is 11.5. The molecule has 0 saturated carbocycles. The van der Waals surface area contributed by atoms with E-state index in [1.807, 2.05) is 4.72 Å². The third-order valence-electron chi connectivity index (χ3n) is 1.79. The smallest absolute Gasteiger partial charge is 0.247 e. The largest absolute Gasteiger partial charge is 0.506 e. The lowest BCUT2D eigenvalue weighted by atomic mass is 10.2. The number of rotatable bonds is 4. The topological polar surface area (TPSA) is 101 Å². The van der Waals surface area contributed by atoms with Crippen molar-refractivity contribution in [1.82, 2.24) is 0 Å². The first kappa shape index (κ1) is 13.8. The molecule has 0 aliphatic rings. The van der Waals surface area contributed by atoms with Gasteiger partial charge in [0.1, 0.15) is 5.75 Å². The molecule has 8 heteroatoms. The summed E-state index contributed by atoms with van der Waals surface area (Å²) >= 11 is 0. The molecule has 2 N–H and O–H groups in total. The van der Waals surface area contributed by atoms with Crippen LogP contribution in [0.25, 0.3) is 0 Å². The van der Waals surface area contributed by atoms with Crippen LogP contribution in [0.5, 0.6) is 5.75 Å². The molecule has 1 rings (SSSR count). The monoisotopic (exact) mass is 279 g/mol. The summed E-state index contributed by atoms with van der Waals surface area (Å²) in [5.41, 5.74) is 0.716. The number of phenols is 1. The van der Waals surface area contributed by atoms with Gasteiger partial charge in [0.05, 0.1) is 5.69 Å². The van der Waals surface area contributed by atoms with Gasteiger partial charge in [-0.25, -0.2) is 16.8 Å². The van der Waals surface area contributed by atoms with Crippen molar-refractivity contribution in [2.24, 2.45) is 0 Å². The SMILES string of the molecule is Cc1ccc(NS(=O)(=O)CS(C)(=O)=O)c(O)c1. The normalized spacial score (nSPS) is 12.4. The Labute approximate surface area is 100 Å². The van der Waals surface area contributed by atoms with E-state index in [0.29, 0.717) is 0 Å². The van der Waals surface area contributed by atoms with Crippen molar-refractivity contribution in [3.63, 3.8) is 0 Å². The summed E-state index contributed by atoms with van der Waals surface area (Å²) in [6, 6.07) is 4.33. The van der Waals surface area contributed by atoms with E-state index in [0.717, 1.165) is 11.8 Å². The molecule has 0 aromatic heterocycles. The van der Waals surface area contributed by atoms with Gasteiger partial charge >= 0.3 is 0 Å². The number of hydrogen-bond donors (Lipinski definition) is 2. The third-order valence-corrected chi connectivity index (χ3v) is 5.27. The summed E-state index contributed by atoms with van der Waals surface area (Å²) in [4.78, 5) is 0. The van der Waals surface area contributed by atoms with E-state index in [1.165, 1.54) is 12.1 Å². The number of anilines is 1. The molecule has 0 saturated heterocycles. The second-order valence-electron chi connectivity index (χ2n) is 3.78. The molecule has 0 aliphatic heterocycles. The lowest BCUT2D eigenvalue weighted by Gasteiger charge is -2.09. The number of nitrogens with one attached hydrogen (secondary N) is 1. The Hall–Kier alpha value is -1.28. The Morgan fingerprint density at radius 3 is 2.29 bits per heavy atom. The van der Waals surface area contributed by atoms with E-state index in [4.69, 9.17) is 0 Å². The van der Waals surface area contributed by atoms with E-state index in [9.17, 15) is 21.9 Å². The highest BCUT2D eigenvalue weighted by Crippen LogP contribution is 2.25. The summed E-state index contributed by atoms with van der Waals surface area (Å²) < 4.78 is 46.7. The minimum atomic E-state index is -4.03. The molecular weight excluding hydrogens is 266 g/mol. The summed E-state index contributed by atoms with van der Waals surface area (Å²) in [5, 5.41) is 8.46. The summed E-state index contributed by atoms with van der Waals surface area (Å²) in [5.74, 6) is -0.248. The predicted molar refractivity (Wildman–Crippen MR) is 65.1 cm³/mol. The number of aryl methyl sites for hydroxylation is 1. The maximum Gasteiger partial charge on any atom is 0.247 e. The number of phenolic OH excluding ortho intramolecular Hbond substituents is 1. The van der Waals surface area contributed by atoms with Crippen LogP contribution in [0.15, 0.2) is 18.2 Å². The van der Waals surface area contributed by atoms with Gasteiger partial charge in [-0.3, -0.25) is 4.72 Å². The molecule has 0 atom stereocenters. The number of sulfonamides is 1. The van der Waals surface area contributed by atoms with Crippen molar-refractivity contribution < 1.29 is 21.9 Å². The van der Waals surface area contributed by atoms with E-state index < -0.39 is 24.9 Å². The van der Waals surface area contributed by atoms with Crippen LogP contribution < -0.4 is 4.72 Å². The number of aromatic hydroxyl groups is 1. The van der Waals surface area contributed by atoms with Gasteiger partial charge < -0.3 is 5.11 Å². The molecule has 6 nitrogen and oxygen atoms in total. The molecule has 1 aromatic rings. The van der Waals surface area contributed by atoms with E-state index >= 15 is 0 Å². The maximum atomic E-state index is 11.5. The minimum absolute atomic E-state index is 0.0424. The second-order valence-corrected chi connectivity index (χ2v) is 8.01. The first-order valence-corrected chi connectivity index (χ1v) is 8.28. The highest BCUT2D eigenvalue weighted by atomic mass is 32.3. The molecule has 0 heterocycles. The Kier molecular flexibility index (Phi) is 3.68. The molecule has 96 valence electrons. The second kappa shape index (κ2) is 4.53. The van der Waals surface area contributed by atoms with Crippen molar-refractivity contribution in [3.8, 4) is 5.75 Å². The molecule has 0 unspecified atom stereocenters. The lowest BCUT2D eigenvalue weighted by molar-refractivity contribution is 0.477. The van der Waals surface area contributed by atoms with Crippen molar-refractivity contribution in [2.75, 3.05) is 16.1 Å². The van der Waals surface area contributed by atoms with Crippen LogP contribution in [-0.4, -0.2) is 33.3 Å². The average Bonchev–Trinajstić information content (AvgIpc) is 2.05. The van der Waals surface area contributed by atoms with Crippen LogP contribution in [0.2, 0.25) is 0 Å². The van der Waals surface area contributed by atoms with Crippen LogP contribution in [0, 0.1) is 6.92 Å². The highest BCUT2D eigenvalue weighted by Gasteiger charge is 2.19. The van der Waals surface area contributed by atoms with Crippen molar-refractivity contribution in [1.29, 1.82) is 0 Å². The fraction of sp³-hybridized carbons (Fsp3) is 0.333. The van der Waals surface area contributed by atoms with Gasteiger partial charge in [0.2, 0.25) is 10.0 Å². The zero-order valence-corrected chi connectivity index (χ0v) is 11.0. The van der Waals surface area contributed by atoms with Gasteiger partial charge in [-0.15, -0.1) is 0 Å². The van der Waals surface area contributed by atoms with Gasteiger partial charge in [-0.2, -0.15) is 0 Å².